The number of nitrogens with zero attached hydrogens (tertiary/aromatic N) is 1. The number of fused-ring (bicyclic) bond motifs is 1. The van der Waals surface area contributed by atoms with E-state index < -0.39 is 6.10 Å². The lowest BCUT2D eigenvalue weighted by atomic mass is 9.99. The Labute approximate surface area is 114 Å². The third-order valence-electron chi connectivity index (χ3n) is 4.15. The zero-order chi connectivity index (χ0) is 13.2. The SMILES string of the molecule is C[C@H]1CCCN(C[C@@H](O)c2c[nH]c3ccccc23)C1. The monoisotopic (exact) mass is 258 g/mol. The number of rotatable bonds is 3. The van der Waals surface area contributed by atoms with E-state index in [0.717, 1.165) is 42.0 Å². The van der Waals surface area contributed by atoms with Crippen molar-refractivity contribution in [3.05, 3.63) is 36.0 Å². The van der Waals surface area contributed by atoms with Gasteiger partial charge in [0.1, 0.15) is 0 Å². The largest absolute Gasteiger partial charge is 0.387 e. The van der Waals surface area contributed by atoms with E-state index in [0.29, 0.717) is 0 Å². The summed E-state index contributed by atoms with van der Waals surface area (Å²) in [5, 5.41) is 11.6. The summed E-state index contributed by atoms with van der Waals surface area (Å²) in [6, 6.07) is 8.16. The van der Waals surface area contributed by atoms with Crippen LogP contribution in [0.3, 0.4) is 0 Å². The van der Waals surface area contributed by atoms with Crippen molar-refractivity contribution in [1.82, 2.24) is 9.88 Å². The van der Waals surface area contributed by atoms with Crippen molar-refractivity contribution in [3.63, 3.8) is 0 Å². The lowest BCUT2D eigenvalue weighted by Gasteiger charge is -2.32. The molecule has 1 aromatic heterocycles. The van der Waals surface area contributed by atoms with Crippen molar-refractivity contribution < 1.29 is 5.11 Å². The Morgan fingerprint density at radius 2 is 2.26 bits per heavy atom. The van der Waals surface area contributed by atoms with Crippen molar-refractivity contribution in [2.75, 3.05) is 19.6 Å². The van der Waals surface area contributed by atoms with Gasteiger partial charge in [-0.1, -0.05) is 25.1 Å². The van der Waals surface area contributed by atoms with Gasteiger partial charge in [-0.3, -0.25) is 0 Å². The molecule has 0 unspecified atom stereocenters. The highest BCUT2D eigenvalue weighted by Crippen LogP contribution is 2.26. The lowest BCUT2D eigenvalue weighted by molar-refractivity contribution is 0.0884. The molecule has 1 aliphatic rings. The van der Waals surface area contributed by atoms with E-state index >= 15 is 0 Å². The van der Waals surface area contributed by atoms with Gasteiger partial charge in [-0.15, -0.1) is 0 Å². The minimum absolute atomic E-state index is 0.401. The third-order valence-corrected chi connectivity index (χ3v) is 4.15. The Bertz CT molecular complexity index is 548. The Morgan fingerprint density at radius 3 is 3.11 bits per heavy atom. The second kappa shape index (κ2) is 5.35. The maximum absolute atomic E-state index is 10.5. The molecule has 2 heterocycles. The van der Waals surface area contributed by atoms with Gasteiger partial charge in [0.05, 0.1) is 6.10 Å². The molecule has 3 rings (SSSR count). The number of piperidine rings is 1. The van der Waals surface area contributed by atoms with Crippen LogP contribution >= 0.6 is 0 Å². The van der Waals surface area contributed by atoms with Gasteiger partial charge in [0.25, 0.3) is 0 Å². The number of aliphatic hydroxyl groups is 1. The predicted octanol–water partition coefficient (Wildman–Crippen LogP) is 2.93. The topological polar surface area (TPSA) is 39.3 Å². The second-order valence-corrected chi connectivity index (χ2v) is 5.81. The average Bonchev–Trinajstić information content (AvgIpc) is 2.82. The standard InChI is InChI=1S/C16H22N2O/c1-12-5-4-8-18(10-12)11-16(19)14-9-17-15-7-3-2-6-13(14)15/h2-3,6-7,9,12,16-17,19H,4-5,8,10-11H2,1H3/t12-,16+/m0/s1. The van der Waals surface area contributed by atoms with Crippen LogP contribution in [0.1, 0.15) is 31.4 Å². The quantitative estimate of drug-likeness (QED) is 0.888. The molecule has 102 valence electrons. The fraction of sp³-hybridized carbons (Fsp3) is 0.500. The molecular weight excluding hydrogens is 236 g/mol. The van der Waals surface area contributed by atoms with Crippen molar-refractivity contribution in [2.24, 2.45) is 5.92 Å². The van der Waals surface area contributed by atoms with Crippen LogP contribution in [0.15, 0.2) is 30.5 Å². The molecule has 0 saturated carbocycles. The van der Waals surface area contributed by atoms with E-state index in [1.165, 1.54) is 12.8 Å². The Balaban J connectivity index is 1.74. The van der Waals surface area contributed by atoms with Crippen LogP contribution < -0.4 is 0 Å². The molecule has 0 bridgehead atoms. The summed E-state index contributed by atoms with van der Waals surface area (Å²) in [6.07, 6.45) is 4.12. The van der Waals surface area contributed by atoms with Crippen LogP contribution in [0.5, 0.6) is 0 Å². The smallest absolute Gasteiger partial charge is 0.0937 e. The van der Waals surface area contributed by atoms with Crippen molar-refractivity contribution in [1.29, 1.82) is 0 Å². The number of hydrogen-bond donors (Lipinski definition) is 2. The van der Waals surface area contributed by atoms with Gasteiger partial charge in [-0.25, -0.2) is 0 Å². The van der Waals surface area contributed by atoms with Gasteiger partial charge in [0, 0.05) is 35.8 Å². The maximum atomic E-state index is 10.5. The van der Waals surface area contributed by atoms with E-state index in [9.17, 15) is 5.11 Å². The highest BCUT2D eigenvalue weighted by atomic mass is 16.3. The summed E-state index contributed by atoms with van der Waals surface area (Å²) >= 11 is 0. The molecule has 1 fully saturated rings. The molecule has 3 heteroatoms. The van der Waals surface area contributed by atoms with Crippen LogP contribution in [0.4, 0.5) is 0 Å². The van der Waals surface area contributed by atoms with Crippen LogP contribution in [0.2, 0.25) is 0 Å². The third kappa shape index (κ3) is 2.67. The number of aromatic nitrogens is 1. The number of nitrogens with one attached hydrogen (secondary N) is 1. The lowest BCUT2D eigenvalue weighted by Crippen LogP contribution is -2.37. The summed E-state index contributed by atoms with van der Waals surface area (Å²) in [5.41, 5.74) is 2.12. The molecule has 19 heavy (non-hydrogen) atoms. The molecule has 0 aliphatic carbocycles. The molecular formula is C16H22N2O. The van der Waals surface area contributed by atoms with Crippen LogP contribution in [0.25, 0.3) is 10.9 Å². The minimum atomic E-state index is -0.401. The first-order valence-corrected chi connectivity index (χ1v) is 7.20. The summed E-state index contributed by atoms with van der Waals surface area (Å²) in [7, 11) is 0. The first-order chi connectivity index (χ1) is 9.24. The van der Waals surface area contributed by atoms with E-state index in [-0.39, 0.29) is 0 Å². The molecule has 1 saturated heterocycles. The number of β-amino-alcohol motifs (C(OH)–C–C–N with tert-alkyl or cyclic N) is 1. The first-order valence-electron chi connectivity index (χ1n) is 7.20. The molecule has 3 nitrogen and oxygen atoms in total. The molecule has 1 aliphatic heterocycles. The van der Waals surface area contributed by atoms with Gasteiger partial charge in [-0.05, 0) is 31.4 Å². The van der Waals surface area contributed by atoms with Crippen molar-refractivity contribution in [3.8, 4) is 0 Å². The minimum Gasteiger partial charge on any atom is -0.387 e. The highest BCUT2D eigenvalue weighted by Gasteiger charge is 2.21. The Morgan fingerprint density at radius 1 is 1.42 bits per heavy atom. The number of benzene rings is 1. The highest BCUT2D eigenvalue weighted by molar-refractivity contribution is 5.83. The van der Waals surface area contributed by atoms with Gasteiger partial charge < -0.3 is 15.0 Å². The normalized spacial score (nSPS) is 22.7. The number of para-hydroxylation sites is 1. The average molecular weight is 258 g/mol. The predicted molar refractivity (Wildman–Crippen MR) is 78.1 cm³/mol. The van der Waals surface area contributed by atoms with Crippen molar-refractivity contribution >= 4 is 10.9 Å². The zero-order valence-electron chi connectivity index (χ0n) is 11.5. The van der Waals surface area contributed by atoms with E-state index in [2.05, 4.69) is 28.9 Å². The Kier molecular flexibility index (Phi) is 3.58. The molecule has 0 amide bonds. The van der Waals surface area contributed by atoms with Gasteiger partial charge in [0.2, 0.25) is 0 Å². The zero-order valence-corrected chi connectivity index (χ0v) is 11.5. The Hall–Kier alpha value is -1.32. The summed E-state index contributed by atoms with van der Waals surface area (Å²) in [4.78, 5) is 5.63. The summed E-state index contributed by atoms with van der Waals surface area (Å²) < 4.78 is 0. The van der Waals surface area contributed by atoms with Gasteiger partial charge in [-0.2, -0.15) is 0 Å². The molecule has 2 aromatic rings. The number of hydrogen-bond acceptors (Lipinski definition) is 2. The van der Waals surface area contributed by atoms with Crippen LogP contribution in [-0.4, -0.2) is 34.6 Å². The van der Waals surface area contributed by atoms with Crippen molar-refractivity contribution in [2.45, 2.75) is 25.9 Å². The van der Waals surface area contributed by atoms with Gasteiger partial charge >= 0.3 is 0 Å². The van der Waals surface area contributed by atoms with E-state index in [4.69, 9.17) is 0 Å². The molecule has 0 spiro atoms. The molecule has 2 atom stereocenters. The first kappa shape index (κ1) is 12.7. The maximum Gasteiger partial charge on any atom is 0.0937 e. The van der Waals surface area contributed by atoms with Gasteiger partial charge in [0.15, 0.2) is 0 Å². The fourth-order valence-electron chi connectivity index (χ4n) is 3.17. The summed E-state index contributed by atoms with van der Waals surface area (Å²) in [5.74, 6) is 0.754. The summed E-state index contributed by atoms with van der Waals surface area (Å²) in [6.45, 7) is 5.26. The number of likely N-dealkylation sites (tertiary alicyclic amines) is 1. The number of aromatic amines is 1. The number of aliphatic hydroxyl groups excluding tert-OH is 1. The molecule has 1 aromatic carbocycles. The number of H-pyrrole nitrogens is 1. The fourth-order valence-corrected chi connectivity index (χ4v) is 3.17. The van der Waals surface area contributed by atoms with Crippen LogP contribution in [-0.2, 0) is 0 Å². The van der Waals surface area contributed by atoms with E-state index in [1.54, 1.807) is 0 Å². The van der Waals surface area contributed by atoms with E-state index in [1.807, 2.05) is 18.3 Å². The second-order valence-electron chi connectivity index (χ2n) is 5.81. The van der Waals surface area contributed by atoms with Crippen LogP contribution in [0, 0.1) is 5.92 Å². The molecule has 2 N–H and O–H groups in total. The molecule has 0 radical (unpaired) electrons.